The zero-order chi connectivity index (χ0) is 11.8. The molecule has 1 aromatic rings. The van der Waals surface area contributed by atoms with Crippen molar-refractivity contribution in [2.24, 2.45) is 5.14 Å². The highest BCUT2D eigenvalue weighted by Crippen LogP contribution is 2.35. The van der Waals surface area contributed by atoms with Gasteiger partial charge in [-0.2, -0.15) is 0 Å². The molecule has 1 fully saturated rings. The van der Waals surface area contributed by atoms with Crippen LogP contribution in [0.15, 0.2) is 23.1 Å². The maximum atomic E-state index is 11.3. The second kappa shape index (κ2) is 3.95. The Morgan fingerprint density at radius 3 is 2.62 bits per heavy atom. The molecule has 1 saturated carbocycles. The fourth-order valence-corrected chi connectivity index (χ4v) is 2.21. The van der Waals surface area contributed by atoms with Crippen LogP contribution in [0.4, 0.5) is 5.69 Å². The Labute approximate surface area is 94.6 Å². The number of anilines is 1. The smallest absolute Gasteiger partial charge is 0.240 e. The highest BCUT2D eigenvalue weighted by Gasteiger charge is 2.26. The molecule has 1 aliphatic carbocycles. The van der Waals surface area contributed by atoms with Crippen LogP contribution < -0.4 is 15.2 Å². The predicted octanol–water partition coefficient (Wildman–Crippen LogP) is 0.917. The predicted molar refractivity (Wildman–Crippen MR) is 61.0 cm³/mol. The molecule has 6 heteroatoms. The van der Waals surface area contributed by atoms with E-state index in [2.05, 4.69) is 5.32 Å². The number of hydrogen-bond donors (Lipinski definition) is 2. The number of hydrogen-bond acceptors (Lipinski definition) is 4. The Morgan fingerprint density at radius 2 is 2.12 bits per heavy atom. The zero-order valence-electron chi connectivity index (χ0n) is 8.93. The molecule has 0 unspecified atom stereocenters. The number of sulfonamides is 1. The Morgan fingerprint density at radius 1 is 1.44 bits per heavy atom. The van der Waals surface area contributed by atoms with Crippen LogP contribution >= 0.6 is 0 Å². The largest absolute Gasteiger partial charge is 0.488 e. The molecule has 0 aromatic heterocycles. The van der Waals surface area contributed by atoms with Gasteiger partial charge >= 0.3 is 0 Å². The molecule has 0 atom stereocenters. The van der Waals surface area contributed by atoms with Crippen molar-refractivity contribution in [3.8, 4) is 5.75 Å². The lowest BCUT2D eigenvalue weighted by Crippen LogP contribution is -2.15. The number of nitrogens with two attached hydrogens (primary N) is 1. The third kappa shape index (κ3) is 2.28. The minimum atomic E-state index is -3.73. The molecule has 88 valence electrons. The number of nitrogens with one attached hydrogen (secondary N) is 1. The van der Waals surface area contributed by atoms with Crippen molar-refractivity contribution in [2.75, 3.05) is 12.4 Å². The third-order valence-electron chi connectivity index (χ3n) is 2.36. The summed E-state index contributed by atoms with van der Waals surface area (Å²) in [5.41, 5.74) is 0.428. The van der Waals surface area contributed by atoms with E-state index in [0.29, 0.717) is 11.4 Å². The molecule has 0 amide bonds. The van der Waals surface area contributed by atoms with E-state index < -0.39 is 10.0 Å². The summed E-state index contributed by atoms with van der Waals surface area (Å²) in [5, 5.41) is 7.94. The van der Waals surface area contributed by atoms with E-state index >= 15 is 0 Å². The summed E-state index contributed by atoms with van der Waals surface area (Å²) in [5.74, 6) is 0.538. The van der Waals surface area contributed by atoms with E-state index in [1.54, 1.807) is 19.2 Å². The zero-order valence-corrected chi connectivity index (χ0v) is 9.75. The third-order valence-corrected chi connectivity index (χ3v) is 3.32. The van der Waals surface area contributed by atoms with Crippen molar-refractivity contribution in [1.82, 2.24) is 0 Å². The van der Waals surface area contributed by atoms with E-state index in [9.17, 15) is 8.42 Å². The lowest BCUT2D eigenvalue weighted by Gasteiger charge is -2.13. The van der Waals surface area contributed by atoms with Crippen LogP contribution in [0.25, 0.3) is 0 Å². The molecule has 0 aliphatic heterocycles. The molecule has 0 saturated heterocycles. The first-order valence-corrected chi connectivity index (χ1v) is 6.57. The van der Waals surface area contributed by atoms with Gasteiger partial charge in [-0.1, -0.05) is 6.07 Å². The van der Waals surface area contributed by atoms with Crippen LogP contribution in [0.5, 0.6) is 5.75 Å². The van der Waals surface area contributed by atoms with E-state index in [0.717, 1.165) is 12.8 Å². The van der Waals surface area contributed by atoms with Crippen molar-refractivity contribution < 1.29 is 13.2 Å². The topological polar surface area (TPSA) is 81.4 Å². The van der Waals surface area contributed by atoms with Crippen LogP contribution in [0, 0.1) is 0 Å². The summed E-state index contributed by atoms with van der Waals surface area (Å²) >= 11 is 0. The Kier molecular flexibility index (Phi) is 2.77. The molecule has 1 aromatic carbocycles. The molecule has 3 N–H and O–H groups in total. The minimum Gasteiger partial charge on any atom is -0.488 e. The Bertz CT molecular complexity index is 495. The molecule has 16 heavy (non-hydrogen) atoms. The second-order valence-corrected chi connectivity index (χ2v) is 5.27. The summed E-state index contributed by atoms with van der Waals surface area (Å²) in [6.45, 7) is 0. The van der Waals surface area contributed by atoms with Crippen molar-refractivity contribution in [3.63, 3.8) is 0 Å². The lowest BCUT2D eigenvalue weighted by molar-refractivity contribution is 0.304. The highest BCUT2D eigenvalue weighted by molar-refractivity contribution is 7.89. The minimum absolute atomic E-state index is 0.0631. The van der Waals surface area contributed by atoms with E-state index in [1.165, 1.54) is 6.07 Å². The van der Waals surface area contributed by atoms with Gasteiger partial charge in [0.1, 0.15) is 10.6 Å². The first-order valence-electron chi connectivity index (χ1n) is 5.02. The molecule has 1 aliphatic rings. The van der Waals surface area contributed by atoms with Crippen LogP contribution in [0.1, 0.15) is 12.8 Å². The van der Waals surface area contributed by atoms with Gasteiger partial charge in [0, 0.05) is 7.05 Å². The van der Waals surface area contributed by atoms with Crippen LogP contribution in [-0.4, -0.2) is 21.6 Å². The summed E-state index contributed by atoms with van der Waals surface area (Å²) < 4.78 is 28.3. The van der Waals surface area contributed by atoms with Crippen LogP contribution in [-0.2, 0) is 10.0 Å². The van der Waals surface area contributed by atoms with Gasteiger partial charge in [0.15, 0.2) is 0 Å². The Hall–Kier alpha value is -1.27. The van der Waals surface area contributed by atoms with Crippen molar-refractivity contribution in [1.29, 1.82) is 0 Å². The van der Waals surface area contributed by atoms with Gasteiger partial charge in [0.05, 0.1) is 11.8 Å². The van der Waals surface area contributed by atoms with Gasteiger partial charge in [0.25, 0.3) is 0 Å². The quantitative estimate of drug-likeness (QED) is 0.822. The number of ether oxygens (including phenoxy) is 1. The average molecular weight is 242 g/mol. The standard InChI is InChI=1S/C10H14N2O3S/c1-12-10-8(15-7-5-6-7)3-2-4-9(10)16(11,13)14/h2-4,7,12H,5-6H2,1H3,(H2,11,13,14). The van der Waals surface area contributed by atoms with Crippen molar-refractivity contribution in [2.45, 2.75) is 23.8 Å². The van der Waals surface area contributed by atoms with Crippen LogP contribution in [0.3, 0.4) is 0 Å². The molecule has 0 heterocycles. The SMILES string of the molecule is CNc1c(OC2CC2)cccc1S(N)(=O)=O. The normalized spacial score (nSPS) is 15.9. The van der Waals surface area contributed by atoms with Crippen LogP contribution in [0.2, 0.25) is 0 Å². The van der Waals surface area contributed by atoms with Crippen molar-refractivity contribution >= 4 is 15.7 Å². The average Bonchev–Trinajstić information content (AvgIpc) is 3.00. The molecular weight excluding hydrogens is 228 g/mol. The van der Waals surface area contributed by atoms with Gasteiger partial charge in [0.2, 0.25) is 10.0 Å². The number of benzene rings is 1. The summed E-state index contributed by atoms with van der Waals surface area (Å²) in [4.78, 5) is 0.0631. The van der Waals surface area contributed by atoms with Gasteiger partial charge < -0.3 is 10.1 Å². The molecular formula is C10H14N2O3S. The van der Waals surface area contributed by atoms with E-state index in [1.807, 2.05) is 0 Å². The fraction of sp³-hybridized carbons (Fsp3) is 0.400. The van der Waals surface area contributed by atoms with Crippen molar-refractivity contribution in [3.05, 3.63) is 18.2 Å². The Balaban J connectivity index is 2.45. The summed E-state index contributed by atoms with van der Waals surface area (Å²) in [6.07, 6.45) is 2.24. The maximum Gasteiger partial charge on any atom is 0.240 e. The molecule has 5 nitrogen and oxygen atoms in total. The number of para-hydroxylation sites is 1. The number of primary sulfonamides is 1. The molecule has 0 bridgehead atoms. The maximum absolute atomic E-state index is 11.3. The highest BCUT2D eigenvalue weighted by atomic mass is 32.2. The molecule has 0 radical (unpaired) electrons. The first-order chi connectivity index (χ1) is 7.52. The fourth-order valence-electron chi connectivity index (χ4n) is 1.46. The molecule has 0 spiro atoms. The van der Waals surface area contributed by atoms with Gasteiger partial charge in [-0.3, -0.25) is 0 Å². The monoisotopic (exact) mass is 242 g/mol. The summed E-state index contributed by atoms with van der Waals surface area (Å²) in [7, 11) is -2.08. The summed E-state index contributed by atoms with van der Waals surface area (Å²) in [6, 6.07) is 4.82. The number of rotatable bonds is 4. The molecule has 2 rings (SSSR count). The van der Waals surface area contributed by atoms with Gasteiger partial charge in [-0.15, -0.1) is 0 Å². The van der Waals surface area contributed by atoms with Gasteiger partial charge in [-0.25, -0.2) is 13.6 Å². The van der Waals surface area contributed by atoms with E-state index in [4.69, 9.17) is 9.88 Å². The second-order valence-electron chi connectivity index (χ2n) is 3.74. The van der Waals surface area contributed by atoms with E-state index in [-0.39, 0.29) is 11.0 Å². The van der Waals surface area contributed by atoms with Gasteiger partial charge in [-0.05, 0) is 25.0 Å². The lowest BCUT2D eigenvalue weighted by atomic mass is 10.3. The first kappa shape index (κ1) is 11.2.